The number of rotatable bonds is 4. The van der Waals surface area contributed by atoms with Crippen LogP contribution in [0.1, 0.15) is 35.4 Å². The Balaban J connectivity index is 1.44. The van der Waals surface area contributed by atoms with Crippen molar-refractivity contribution in [1.82, 2.24) is 9.80 Å². The van der Waals surface area contributed by atoms with Crippen molar-refractivity contribution in [2.75, 3.05) is 26.2 Å². The van der Waals surface area contributed by atoms with E-state index < -0.39 is 22.7 Å². The normalized spacial score (nSPS) is 21.5. The maximum atomic E-state index is 13.1. The van der Waals surface area contributed by atoms with Crippen LogP contribution in [0.4, 0.5) is 5.69 Å². The molecule has 1 aromatic carbocycles. The first kappa shape index (κ1) is 22.5. The monoisotopic (exact) mass is 479 g/mol. The standard InChI is InChI=1S/C21H22ClN3O6S/c22-17-15-6-5-12(25(30)31)11-16(15)32-18(17)20(27)24-9-7-23(8-10-24)19(26)13-3-1-2-4-14(13)21(28)29/h5-6,11,13-14H,1-4,7-10H2,(H,28,29)/t13-,14-/m0/s1. The quantitative estimate of drug-likeness (QED) is 0.527. The predicted octanol–water partition coefficient (Wildman–Crippen LogP) is 3.64. The second-order valence-electron chi connectivity index (χ2n) is 8.14. The number of carbonyl (C=O) groups excluding carboxylic acids is 2. The number of aliphatic carboxylic acids is 1. The van der Waals surface area contributed by atoms with Crippen LogP contribution in [0.2, 0.25) is 5.02 Å². The molecule has 0 spiro atoms. The average molecular weight is 480 g/mol. The van der Waals surface area contributed by atoms with Gasteiger partial charge >= 0.3 is 5.97 Å². The molecule has 2 fully saturated rings. The third-order valence-corrected chi connectivity index (χ3v) is 7.94. The van der Waals surface area contributed by atoms with Gasteiger partial charge in [0.1, 0.15) is 4.88 Å². The summed E-state index contributed by atoms with van der Waals surface area (Å²) in [5, 5.41) is 21.3. The first-order chi connectivity index (χ1) is 15.3. The zero-order valence-electron chi connectivity index (χ0n) is 17.2. The number of nitro benzene ring substituents is 1. The second kappa shape index (κ2) is 9.03. The maximum Gasteiger partial charge on any atom is 0.307 e. The van der Waals surface area contributed by atoms with E-state index in [1.165, 1.54) is 12.1 Å². The average Bonchev–Trinajstić information content (AvgIpc) is 3.14. The molecule has 2 amide bonds. The van der Waals surface area contributed by atoms with Crippen LogP contribution in [0.3, 0.4) is 0 Å². The van der Waals surface area contributed by atoms with Gasteiger partial charge in [-0.1, -0.05) is 24.4 Å². The molecule has 1 saturated heterocycles. The minimum atomic E-state index is -0.920. The lowest BCUT2D eigenvalue weighted by molar-refractivity contribution is -0.384. The maximum absolute atomic E-state index is 13.1. The first-order valence-electron chi connectivity index (χ1n) is 10.4. The van der Waals surface area contributed by atoms with Crippen LogP contribution < -0.4 is 0 Å². The van der Waals surface area contributed by atoms with Crippen LogP contribution in [-0.2, 0) is 9.59 Å². The fourth-order valence-corrected chi connectivity index (χ4v) is 6.05. The molecule has 9 nitrogen and oxygen atoms in total. The van der Waals surface area contributed by atoms with Gasteiger partial charge in [0.25, 0.3) is 11.6 Å². The number of nitrogens with zero attached hydrogens (tertiary/aromatic N) is 3. The van der Waals surface area contributed by atoms with Gasteiger partial charge in [0.15, 0.2) is 0 Å². The van der Waals surface area contributed by atoms with E-state index in [0.717, 1.165) is 24.2 Å². The van der Waals surface area contributed by atoms with E-state index in [-0.39, 0.29) is 22.5 Å². The molecule has 4 rings (SSSR count). The summed E-state index contributed by atoms with van der Waals surface area (Å²) in [6.07, 6.45) is 2.77. The van der Waals surface area contributed by atoms with E-state index in [2.05, 4.69) is 0 Å². The lowest BCUT2D eigenvalue weighted by Crippen LogP contribution is -2.53. The molecule has 1 aliphatic heterocycles. The fourth-order valence-electron chi connectivity index (χ4n) is 4.54. The summed E-state index contributed by atoms with van der Waals surface area (Å²) in [5.41, 5.74) is -0.0658. The van der Waals surface area contributed by atoms with E-state index in [1.807, 2.05) is 0 Å². The van der Waals surface area contributed by atoms with Gasteiger partial charge in [0.05, 0.1) is 21.8 Å². The van der Waals surface area contributed by atoms with Gasteiger partial charge in [0.2, 0.25) is 5.91 Å². The molecule has 11 heteroatoms. The summed E-state index contributed by atoms with van der Waals surface area (Å²) in [7, 11) is 0. The van der Waals surface area contributed by atoms with E-state index in [9.17, 15) is 29.6 Å². The summed E-state index contributed by atoms with van der Waals surface area (Å²) < 4.78 is 0.568. The molecule has 2 aromatic rings. The Morgan fingerprint density at radius 3 is 2.31 bits per heavy atom. The van der Waals surface area contributed by atoms with Gasteiger partial charge in [-0.15, -0.1) is 11.3 Å². The lowest BCUT2D eigenvalue weighted by atomic mass is 9.78. The molecule has 0 radical (unpaired) electrons. The highest BCUT2D eigenvalue weighted by Gasteiger charge is 2.39. The largest absolute Gasteiger partial charge is 0.481 e. The zero-order chi connectivity index (χ0) is 23.0. The Kier molecular flexibility index (Phi) is 6.34. The van der Waals surface area contributed by atoms with Crippen molar-refractivity contribution < 1.29 is 24.4 Å². The Bertz CT molecular complexity index is 1090. The number of fused-ring (bicyclic) bond motifs is 1. The number of carboxylic acids is 1. The summed E-state index contributed by atoms with van der Waals surface area (Å²) in [4.78, 5) is 51.7. The molecule has 2 atom stereocenters. The number of hydrogen-bond donors (Lipinski definition) is 1. The van der Waals surface area contributed by atoms with E-state index >= 15 is 0 Å². The molecule has 1 saturated carbocycles. The molecule has 1 aliphatic carbocycles. The molecule has 1 N–H and O–H groups in total. The fraction of sp³-hybridized carbons (Fsp3) is 0.476. The van der Waals surface area contributed by atoms with Crippen molar-refractivity contribution in [3.05, 3.63) is 38.2 Å². The summed E-state index contributed by atoms with van der Waals surface area (Å²) >= 11 is 7.52. The summed E-state index contributed by atoms with van der Waals surface area (Å²) in [6.45, 7) is 1.31. The van der Waals surface area contributed by atoms with Crippen molar-refractivity contribution in [2.45, 2.75) is 25.7 Å². The Morgan fingerprint density at radius 2 is 1.69 bits per heavy atom. The van der Waals surface area contributed by atoms with Crippen molar-refractivity contribution >= 4 is 56.5 Å². The van der Waals surface area contributed by atoms with Crippen LogP contribution in [0.15, 0.2) is 18.2 Å². The van der Waals surface area contributed by atoms with Crippen LogP contribution in [0.25, 0.3) is 10.1 Å². The molecule has 32 heavy (non-hydrogen) atoms. The minimum Gasteiger partial charge on any atom is -0.481 e. The number of amides is 2. The van der Waals surface area contributed by atoms with Gasteiger partial charge < -0.3 is 14.9 Å². The molecule has 170 valence electrons. The Morgan fingerprint density at radius 1 is 1.06 bits per heavy atom. The van der Waals surface area contributed by atoms with Crippen molar-refractivity contribution in [3.8, 4) is 0 Å². The highest BCUT2D eigenvalue weighted by molar-refractivity contribution is 7.21. The van der Waals surface area contributed by atoms with Crippen LogP contribution in [0.5, 0.6) is 0 Å². The first-order valence-corrected chi connectivity index (χ1v) is 11.6. The number of benzene rings is 1. The Labute approximate surface area is 192 Å². The second-order valence-corrected chi connectivity index (χ2v) is 9.57. The number of nitro groups is 1. The summed E-state index contributed by atoms with van der Waals surface area (Å²) in [5.74, 6) is -2.48. The highest BCUT2D eigenvalue weighted by Crippen LogP contribution is 2.38. The number of thiophene rings is 1. The van der Waals surface area contributed by atoms with Crippen molar-refractivity contribution in [3.63, 3.8) is 0 Å². The number of piperazine rings is 1. The number of carboxylic acid groups (broad SMARTS) is 1. The molecule has 1 aromatic heterocycles. The molecular weight excluding hydrogens is 458 g/mol. The molecule has 2 heterocycles. The van der Waals surface area contributed by atoms with Gasteiger partial charge in [-0.3, -0.25) is 24.5 Å². The number of carbonyl (C=O) groups is 3. The van der Waals surface area contributed by atoms with Crippen molar-refractivity contribution in [2.24, 2.45) is 11.8 Å². The van der Waals surface area contributed by atoms with Gasteiger partial charge in [-0.05, 0) is 18.9 Å². The molecule has 2 aliphatic rings. The van der Waals surface area contributed by atoms with Crippen LogP contribution in [0, 0.1) is 22.0 Å². The van der Waals surface area contributed by atoms with Crippen LogP contribution in [-0.4, -0.2) is 63.8 Å². The minimum absolute atomic E-state index is 0.0658. The van der Waals surface area contributed by atoms with E-state index in [4.69, 9.17) is 11.6 Å². The van der Waals surface area contributed by atoms with Gasteiger partial charge in [-0.25, -0.2) is 0 Å². The number of non-ortho nitro benzene ring substituents is 1. The van der Waals surface area contributed by atoms with Crippen molar-refractivity contribution in [1.29, 1.82) is 0 Å². The van der Waals surface area contributed by atoms with Gasteiger partial charge in [0, 0.05) is 48.4 Å². The number of halogens is 1. The topological polar surface area (TPSA) is 121 Å². The smallest absolute Gasteiger partial charge is 0.307 e. The SMILES string of the molecule is O=C(O)[C@H]1CCCC[C@@H]1C(=O)N1CCN(C(=O)c2sc3cc([N+](=O)[O-])ccc3c2Cl)CC1. The predicted molar refractivity (Wildman–Crippen MR) is 119 cm³/mol. The van der Waals surface area contributed by atoms with Crippen LogP contribution >= 0.6 is 22.9 Å². The summed E-state index contributed by atoms with van der Waals surface area (Å²) in [6, 6.07) is 4.31. The van der Waals surface area contributed by atoms with E-state index in [0.29, 0.717) is 54.0 Å². The Hall–Kier alpha value is -2.72. The number of hydrogen-bond acceptors (Lipinski definition) is 6. The zero-order valence-corrected chi connectivity index (χ0v) is 18.7. The third-order valence-electron chi connectivity index (χ3n) is 6.30. The van der Waals surface area contributed by atoms with E-state index in [1.54, 1.807) is 15.9 Å². The molecular formula is C21H22ClN3O6S. The highest BCUT2D eigenvalue weighted by atomic mass is 35.5. The van der Waals surface area contributed by atoms with Gasteiger partial charge in [-0.2, -0.15) is 0 Å². The lowest BCUT2D eigenvalue weighted by Gasteiger charge is -2.38. The molecule has 0 unspecified atom stereocenters. The molecule has 0 bridgehead atoms. The third kappa shape index (κ3) is 4.16.